The first-order chi connectivity index (χ1) is 16.7. The number of aryl methyl sites for hydroxylation is 1. The second kappa shape index (κ2) is 10.4. The van der Waals surface area contributed by atoms with Crippen molar-refractivity contribution in [3.8, 4) is 0 Å². The van der Waals surface area contributed by atoms with Crippen LogP contribution in [0.15, 0.2) is 42.5 Å². The van der Waals surface area contributed by atoms with Crippen LogP contribution in [0.4, 0.5) is 26.0 Å². The number of carbonyl (C=O) groups excluding carboxylic acids is 2. The smallest absolute Gasteiger partial charge is 0.224 e. The number of piperidine rings is 1. The van der Waals surface area contributed by atoms with Gasteiger partial charge in [-0.25, -0.2) is 13.8 Å². The molecule has 2 heterocycles. The molecule has 1 saturated heterocycles. The summed E-state index contributed by atoms with van der Waals surface area (Å²) in [6.07, 6.45) is 1.03. The van der Waals surface area contributed by atoms with E-state index in [1.807, 2.05) is 19.1 Å². The van der Waals surface area contributed by atoms with E-state index in [-0.39, 0.29) is 24.4 Å². The van der Waals surface area contributed by atoms with E-state index in [0.717, 1.165) is 47.5 Å². The average Bonchev–Trinajstić information content (AvgIpc) is 2.79. The van der Waals surface area contributed by atoms with E-state index in [1.54, 1.807) is 6.07 Å². The molecule has 184 valence electrons. The Balaban J connectivity index is 1.37. The number of rotatable bonds is 6. The van der Waals surface area contributed by atoms with Crippen LogP contribution in [-0.2, 0) is 9.59 Å². The van der Waals surface area contributed by atoms with Crippen molar-refractivity contribution in [2.75, 3.05) is 28.6 Å². The van der Waals surface area contributed by atoms with Crippen molar-refractivity contribution in [2.45, 2.75) is 40.0 Å². The predicted molar refractivity (Wildman–Crippen MR) is 134 cm³/mol. The van der Waals surface area contributed by atoms with Gasteiger partial charge in [-0.2, -0.15) is 0 Å². The number of hydrogen-bond acceptors (Lipinski definition) is 4. The summed E-state index contributed by atoms with van der Waals surface area (Å²) in [4.78, 5) is 31.7. The van der Waals surface area contributed by atoms with E-state index >= 15 is 0 Å². The molecule has 6 nitrogen and oxygen atoms in total. The van der Waals surface area contributed by atoms with Gasteiger partial charge in [0.25, 0.3) is 0 Å². The number of halogens is 2. The lowest BCUT2D eigenvalue weighted by molar-refractivity contribution is -0.121. The fourth-order valence-electron chi connectivity index (χ4n) is 4.72. The molecule has 2 N–H and O–H groups in total. The number of carbonyl (C=O) groups is 2. The lowest BCUT2D eigenvalue weighted by Gasteiger charge is -2.36. The van der Waals surface area contributed by atoms with E-state index in [4.69, 9.17) is 4.98 Å². The second-order valence-corrected chi connectivity index (χ2v) is 9.60. The largest absolute Gasteiger partial charge is 0.356 e. The molecule has 1 fully saturated rings. The van der Waals surface area contributed by atoms with E-state index in [9.17, 15) is 18.4 Å². The fraction of sp³-hybridized carbons (Fsp3) is 0.370. The average molecular weight is 481 g/mol. The molecule has 2 amide bonds. The molecule has 3 aromatic rings. The summed E-state index contributed by atoms with van der Waals surface area (Å²) in [6.45, 7) is 8.58. The molecule has 35 heavy (non-hydrogen) atoms. The van der Waals surface area contributed by atoms with Gasteiger partial charge in [-0.05, 0) is 67.1 Å². The van der Waals surface area contributed by atoms with Crippen molar-refractivity contribution in [2.24, 2.45) is 11.8 Å². The van der Waals surface area contributed by atoms with Crippen LogP contribution in [0.2, 0.25) is 0 Å². The van der Waals surface area contributed by atoms with Gasteiger partial charge < -0.3 is 15.5 Å². The summed E-state index contributed by atoms with van der Waals surface area (Å²) in [7, 11) is 0. The van der Waals surface area contributed by atoms with Crippen LogP contribution in [0.5, 0.6) is 0 Å². The third kappa shape index (κ3) is 6.12. The number of nitrogens with one attached hydrogen (secondary N) is 2. The maximum absolute atomic E-state index is 13.7. The number of pyridine rings is 1. The second-order valence-electron chi connectivity index (χ2n) is 9.60. The monoisotopic (exact) mass is 480 g/mol. The van der Waals surface area contributed by atoms with Crippen LogP contribution >= 0.6 is 0 Å². The highest BCUT2D eigenvalue weighted by atomic mass is 19.1. The van der Waals surface area contributed by atoms with E-state index in [1.165, 1.54) is 6.42 Å². The van der Waals surface area contributed by atoms with Gasteiger partial charge in [0.15, 0.2) is 0 Å². The van der Waals surface area contributed by atoms with Crippen LogP contribution in [0.25, 0.3) is 10.9 Å². The maximum Gasteiger partial charge on any atom is 0.224 e. The minimum atomic E-state index is -0.865. The Hall–Kier alpha value is -3.55. The summed E-state index contributed by atoms with van der Waals surface area (Å²) < 4.78 is 26.7. The molecule has 8 heteroatoms. The molecular weight excluding hydrogens is 450 g/mol. The zero-order valence-electron chi connectivity index (χ0n) is 20.2. The SMILES string of the molecule is Cc1cc(N2C[C@H](C)C[C@@H](C)C2)nc2ccc(NC(=O)CCC(=O)Nc3ccc(F)cc3F)cc12. The van der Waals surface area contributed by atoms with Gasteiger partial charge in [0.2, 0.25) is 11.8 Å². The molecule has 1 aromatic heterocycles. The molecule has 4 rings (SSSR count). The standard InChI is InChI=1S/C27H30F2N4O2/c1-16-10-17(2)15-33(14-16)25-11-18(3)21-13-20(5-7-23(21)31-25)30-26(34)8-9-27(35)32-24-6-4-19(28)12-22(24)29/h4-7,11-13,16-17H,8-10,14-15H2,1-3H3,(H,30,34)(H,32,35)/t16-,17-/m1/s1. The Morgan fingerprint density at radius 2 is 1.66 bits per heavy atom. The van der Waals surface area contributed by atoms with Crippen LogP contribution < -0.4 is 15.5 Å². The van der Waals surface area contributed by atoms with Crippen molar-refractivity contribution < 1.29 is 18.4 Å². The molecule has 0 saturated carbocycles. The minimum Gasteiger partial charge on any atom is -0.356 e. The van der Waals surface area contributed by atoms with Crippen molar-refractivity contribution in [1.29, 1.82) is 0 Å². The molecule has 1 aliphatic rings. The molecule has 0 radical (unpaired) electrons. The number of amides is 2. The maximum atomic E-state index is 13.7. The van der Waals surface area contributed by atoms with Gasteiger partial charge in [-0.1, -0.05) is 13.8 Å². The molecule has 0 spiro atoms. The topological polar surface area (TPSA) is 74.3 Å². The van der Waals surface area contributed by atoms with Crippen molar-refractivity contribution >= 4 is 39.9 Å². The molecule has 0 unspecified atom stereocenters. The Morgan fingerprint density at radius 3 is 2.34 bits per heavy atom. The Bertz CT molecular complexity index is 1250. The highest BCUT2D eigenvalue weighted by Gasteiger charge is 2.23. The van der Waals surface area contributed by atoms with E-state index in [0.29, 0.717) is 23.6 Å². The predicted octanol–water partition coefficient (Wildman–Crippen LogP) is 5.66. The first-order valence-corrected chi connectivity index (χ1v) is 11.9. The van der Waals surface area contributed by atoms with Crippen molar-refractivity contribution in [1.82, 2.24) is 4.98 Å². The lowest BCUT2D eigenvalue weighted by atomic mass is 9.92. The Morgan fingerprint density at radius 1 is 0.971 bits per heavy atom. The molecular formula is C27H30F2N4O2. The molecule has 2 aromatic carbocycles. The number of anilines is 3. The number of benzene rings is 2. The normalized spacial score (nSPS) is 17.9. The van der Waals surface area contributed by atoms with E-state index < -0.39 is 17.5 Å². The summed E-state index contributed by atoms with van der Waals surface area (Å²) in [5, 5.41) is 6.11. The van der Waals surface area contributed by atoms with Crippen molar-refractivity contribution in [3.63, 3.8) is 0 Å². The molecule has 1 aliphatic heterocycles. The van der Waals surface area contributed by atoms with Crippen LogP contribution in [0.3, 0.4) is 0 Å². The third-order valence-electron chi connectivity index (χ3n) is 6.26. The fourth-order valence-corrected chi connectivity index (χ4v) is 4.72. The quantitative estimate of drug-likeness (QED) is 0.477. The highest BCUT2D eigenvalue weighted by Crippen LogP contribution is 2.29. The number of fused-ring (bicyclic) bond motifs is 1. The summed E-state index contributed by atoms with van der Waals surface area (Å²) in [6, 6.07) is 10.6. The summed E-state index contributed by atoms with van der Waals surface area (Å²) in [5.74, 6) is -0.218. The van der Waals surface area contributed by atoms with E-state index in [2.05, 4.69) is 35.4 Å². The summed E-state index contributed by atoms with van der Waals surface area (Å²) >= 11 is 0. The van der Waals surface area contributed by atoms with Gasteiger partial charge in [0.05, 0.1) is 11.2 Å². The Labute approximate surface area is 203 Å². The van der Waals surface area contributed by atoms with Crippen LogP contribution in [0, 0.1) is 30.4 Å². The summed E-state index contributed by atoms with van der Waals surface area (Å²) in [5.41, 5.74) is 2.43. The highest BCUT2D eigenvalue weighted by molar-refractivity contribution is 5.98. The molecule has 0 aliphatic carbocycles. The molecule has 0 bridgehead atoms. The van der Waals surface area contributed by atoms with Gasteiger partial charge in [-0.15, -0.1) is 0 Å². The van der Waals surface area contributed by atoms with Gasteiger partial charge in [0, 0.05) is 43.1 Å². The lowest BCUT2D eigenvalue weighted by Crippen LogP contribution is -2.39. The zero-order chi connectivity index (χ0) is 25.1. The number of hydrogen-bond donors (Lipinski definition) is 2. The van der Waals surface area contributed by atoms with Gasteiger partial charge >= 0.3 is 0 Å². The minimum absolute atomic E-state index is 0.0752. The number of nitrogens with zero attached hydrogens (tertiary/aromatic N) is 2. The van der Waals surface area contributed by atoms with Crippen molar-refractivity contribution in [3.05, 3.63) is 59.7 Å². The molecule has 2 atom stereocenters. The number of aromatic nitrogens is 1. The van der Waals surface area contributed by atoms with Gasteiger partial charge in [0.1, 0.15) is 17.5 Å². The first-order valence-electron chi connectivity index (χ1n) is 11.9. The third-order valence-corrected chi connectivity index (χ3v) is 6.26. The van der Waals surface area contributed by atoms with Gasteiger partial charge in [-0.3, -0.25) is 9.59 Å². The zero-order valence-corrected chi connectivity index (χ0v) is 20.2. The Kier molecular flexibility index (Phi) is 7.28. The van der Waals surface area contributed by atoms with Crippen LogP contribution in [-0.4, -0.2) is 29.9 Å². The van der Waals surface area contributed by atoms with Crippen LogP contribution in [0.1, 0.15) is 38.7 Å². The first kappa shape index (κ1) is 24.6.